The van der Waals surface area contributed by atoms with Crippen molar-refractivity contribution >= 4 is 17.8 Å². The van der Waals surface area contributed by atoms with Gasteiger partial charge >= 0.3 is 5.97 Å². The van der Waals surface area contributed by atoms with Crippen LogP contribution in [0.25, 0.3) is 0 Å². The predicted molar refractivity (Wildman–Crippen MR) is 61.0 cm³/mol. The number of hydrogen-bond acceptors (Lipinski definition) is 4. The van der Waals surface area contributed by atoms with Crippen LogP contribution in [0.2, 0.25) is 0 Å². The molecule has 1 aliphatic rings. The smallest absolute Gasteiger partial charge is 0.307 e. The van der Waals surface area contributed by atoms with Crippen LogP contribution in [-0.2, 0) is 19.1 Å². The van der Waals surface area contributed by atoms with Crippen molar-refractivity contribution in [1.82, 2.24) is 4.90 Å². The highest BCUT2D eigenvalue weighted by Gasteiger charge is 2.34. The van der Waals surface area contributed by atoms with Crippen molar-refractivity contribution in [2.75, 3.05) is 7.05 Å². The Kier molecular flexibility index (Phi) is 3.91. The van der Waals surface area contributed by atoms with Crippen LogP contribution < -0.4 is 0 Å². The van der Waals surface area contributed by atoms with E-state index >= 15 is 0 Å². The number of carbonyl (C=O) groups is 3. The Balaban J connectivity index is 2.55. The van der Waals surface area contributed by atoms with Crippen LogP contribution in [0.5, 0.6) is 0 Å². The molecule has 1 heterocycles. The molecule has 0 N–H and O–H groups in total. The topological polar surface area (TPSA) is 63.7 Å². The van der Waals surface area contributed by atoms with Crippen molar-refractivity contribution in [1.29, 1.82) is 0 Å². The molecular weight excluding hydrogens is 222 g/mol. The summed E-state index contributed by atoms with van der Waals surface area (Å²) in [5.41, 5.74) is -0.545. The van der Waals surface area contributed by atoms with Gasteiger partial charge in [-0.05, 0) is 27.2 Å². The molecule has 2 amide bonds. The van der Waals surface area contributed by atoms with Gasteiger partial charge in [-0.2, -0.15) is 0 Å². The van der Waals surface area contributed by atoms with E-state index in [0.29, 0.717) is 12.8 Å². The average molecular weight is 241 g/mol. The third-order valence-electron chi connectivity index (χ3n) is 2.59. The largest absolute Gasteiger partial charge is 0.460 e. The maximum Gasteiger partial charge on any atom is 0.307 e. The molecule has 0 aromatic rings. The maximum absolute atomic E-state index is 11.7. The number of piperidine rings is 1. The first-order valence-electron chi connectivity index (χ1n) is 5.73. The molecule has 5 heteroatoms. The molecule has 0 radical (unpaired) electrons. The van der Waals surface area contributed by atoms with Crippen molar-refractivity contribution < 1.29 is 19.1 Å². The summed E-state index contributed by atoms with van der Waals surface area (Å²) in [4.78, 5) is 35.7. The Morgan fingerprint density at radius 2 is 2.00 bits per heavy atom. The first-order chi connectivity index (χ1) is 7.70. The highest BCUT2D eigenvalue weighted by molar-refractivity contribution is 5.99. The average Bonchev–Trinajstić information content (AvgIpc) is 2.16. The number of hydrogen-bond donors (Lipinski definition) is 0. The summed E-state index contributed by atoms with van der Waals surface area (Å²) >= 11 is 0. The molecule has 1 fully saturated rings. The van der Waals surface area contributed by atoms with Crippen LogP contribution in [0.3, 0.4) is 0 Å². The van der Waals surface area contributed by atoms with Gasteiger partial charge in [-0.1, -0.05) is 0 Å². The summed E-state index contributed by atoms with van der Waals surface area (Å²) in [5, 5.41) is 0. The highest BCUT2D eigenvalue weighted by atomic mass is 16.6. The molecule has 0 saturated carbocycles. The number of amides is 2. The van der Waals surface area contributed by atoms with Crippen molar-refractivity contribution in [3.8, 4) is 0 Å². The summed E-state index contributed by atoms with van der Waals surface area (Å²) < 4.78 is 5.16. The number of esters is 1. The van der Waals surface area contributed by atoms with Crippen LogP contribution >= 0.6 is 0 Å². The van der Waals surface area contributed by atoms with Gasteiger partial charge < -0.3 is 4.74 Å². The Hall–Kier alpha value is -1.39. The van der Waals surface area contributed by atoms with E-state index in [0.717, 1.165) is 4.90 Å². The van der Waals surface area contributed by atoms with E-state index in [4.69, 9.17) is 4.74 Å². The maximum atomic E-state index is 11.7. The fraction of sp³-hybridized carbons (Fsp3) is 0.750. The number of rotatable bonds is 2. The van der Waals surface area contributed by atoms with Crippen molar-refractivity contribution in [2.24, 2.45) is 5.92 Å². The molecule has 0 aliphatic carbocycles. The third-order valence-corrected chi connectivity index (χ3v) is 2.59. The van der Waals surface area contributed by atoms with Gasteiger partial charge in [0.25, 0.3) is 0 Å². The Morgan fingerprint density at radius 1 is 1.41 bits per heavy atom. The number of imide groups is 1. The molecule has 17 heavy (non-hydrogen) atoms. The van der Waals surface area contributed by atoms with E-state index in [2.05, 4.69) is 0 Å². The van der Waals surface area contributed by atoms with Crippen molar-refractivity contribution in [2.45, 2.75) is 45.6 Å². The van der Waals surface area contributed by atoms with Crippen molar-refractivity contribution in [3.05, 3.63) is 0 Å². The molecule has 1 rings (SSSR count). The quantitative estimate of drug-likeness (QED) is 0.536. The van der Waals surface area contributed by atoms with E-state index in [9.17, 15) is 14.4 Å². The predicted octanol–water partition coefficient (Wildman–Crippen LogP) is 1.11. The second-order valence-corrected chi connectivity index (χ2v) is 5.32. The minimum Gasteiger partial charge on any atom is -0.460 e. The zero-order valence-corrected chi connectivity index (χ0v) is 10.8. The van der Waals surface area contributed by atoms with E-state index in [-0.39, 0.29) is 18.2 Å². The lowest BCUT2D eigenvalue weighted by atomic mass is 9.94. The van der Waals surface area contributed by atoms with Gasteiger partial charge in [-0.15, -0.1) is 0 Å². The first-order valence-corrected chi connectivity index (χ1v) is 5.73. The fourth-order valence-electron chi connectivity index (χ4n) is 1.76. The van der Waals surface area contributed by atoms with E-state index in [1.165, 1.54) is 7.05 Å². The van der Waals surface area contributed by atoms with Gasteiger partial charge in [0, 0.05) is 19.4 Å². The molecular formula is C12H19NO4. The van der Waals surface area contributed by atoms with Gasteiger partial charge in [0.2, 0.25) is 11.8 Å². The van der Waals surface area contributed by atoms with Gasteiger partial charge in [0.05, 0.1) is 6.42 Å². The Bertz CT molecular complexity index is 343. The molecule has 96 valence electrons. The summed E-state index contributed by atoms with van der Waals surface area (Å²) in [6.45, 7) is 5.34. The zero-order valence-electron chi connectivity index (χ0n) is 10.8. The zero-order chi connectivity index (χ0) is 13.2. The molecule has 0 bridgehead atoms. The Morgan fingerprint density at radius 3 is 2.53 bits per heavy atom. The molecule has 1 saturated heterocycles. The third kappa shape index (κ3) is 3.84. The minimum absolute atomic E-state index is 0.0493. The molecule has 5 nitrogen and oxygen atoms in total. The standard InChI is InChI=1S/C12H19NO4/c1-12(2,3)17-10(15)7-8-5-6-9(14)13(4)11(8)16/h8H,5-7H2,1-4H3. The van der Waals surface area contributed by atoms with Gasteiger partial charge in [0.15, 0.2) is 0 Å². The summed E-state index contributed by atoms with van der Waals surface area (Å²) in [6, 6.07) is 0. The molecule has 1 atom stereocenters. The lowest BCUT2D eigenvalue weighted by Crippen LogP contribution is -2.43. The van der Waals surface area contributed by atoms with Crippen LogP contribution in [0.1, 0.15) is 40.0 Å². The van der Waals surface area contributed by atoms with Gasteiger partial charge in [0.1, 0.15) is 5.60 Å². The second-order valence-electron chi connectivity index (χ2n) is 5.32. The minimum atomic E-state index is -0.545. The van der Waals surface area contributed by atoms with E-state index in [1.54, 1.807) is 20.8 Å². The summed E-state index contributed by atoms with van der Waals surface area (Å²) in [7, 11) is 1.45. The first kappa shape index (κ1) is 13.7. The molecule has 1 unspecified atom stereocenters. The lowest BCUT2D eigenvalue weighted by Gasteiger charge is -2.28. The van der Waals surface area contributed by atoms with Crippen LogP contribution in [0.4, 0.5) is 0 Å². The lowest BCUT2D eigenvalue weighted by molar-refractivity contribution is -0.161. The highest BCUT2D eigenvalue weighted by Crippen LogP contribution is 2.22. The number of nitrogens with zero attached hydrogens (tertiary/aromatic N) is 1. The number of likely N-dealkylation sites (tertiary alicyclic amines) is 1. The summed E-state index contributed by atoms with van der Waals surface area (Å²) in [5.74, 6) is -1.28. The monoisotopic (exact) mass is 241 g/mol. The van der Waals surface area contributed by atoms with Gasteiger partial charge in [-0.3, -0.25) is 19.3 Å². The van der Waals surface area contributed by atoms with Gasteiger partial charge in [-0.25, -0.2) is 0 Å². The van der Waals surface area contributed by atoms with Crippen LogP contribution in [-0.4, -0.2) is 35.3 Å². The van der Waals surface area contributed by atoms with E-state index in [1.807, 2.05) is 0 Å². The number of carbonyl (C=O) groups excluding carboxylic acids is 3. The number of ether oxygens (including phenoxy) is 1. The van der Waals surface area contributed by atoms with E-state index < -0.39 is 17.5 Å². The van der Waals surface area contributed by atoms with Crippen molar-refractivity contribution in [3.63, 3.8) is 0 Å². The molecule has 0 aromatic heterocycles. The molecule has 0 aromatic carbocycles. The second kappa shape index (κ2) is 4.85. The Labute approximate surface area is 101 Å². The summed E-state index contributed by atoms with van der Waals surface area (Å²) in [6.07, 6.45) is 0.796. The molecule has 1 aliphatic heterocycles. The normalized spacial score (nSPS) is 21.6. The molecule has 0 spiro atoms. The SMILES string of the molecule is CN1C(=O)CCC(CC(=O)OC(C)(C)C)C1=O. The van der Waals surface area contributed by atoms with Crippen LogP contribution in [0.15, 0.2) is 0 Å². The fourth-order valence-corrected chi connectivity index (χ4v) is 1.76. The van der Waals surface area contributed by atoms with Crippen LogP contribution in [0, 0.1) is 5.92 Å².